The molecule has 0 aromatic heterocycles. The van der Waals surface area contributed by atoms with Crippen LogP contribution in [0.1, 0.15) is 10.4 Å². The first-order valence-electron chi connectivity index (χ1n) is 7.43. The lowest BCUT2D eigenvalue weighted by atomic mass is 9.99. The molecule has 0 aliphatic carbocycles. The SMILES string of the molecule is COc1cc(C(=O)O)ccc1O[C@@H]1O[C@H](COS(=O)(=O)O)[C@@H](O)[C@H](O)[C@H]1O. The number of carboxylic acids is 1. The van der Waals surface area contributed by atoms with E-state index < -0.39 is 53.7 Å². The van der Waals surface area contributed by atoms with E-state index in [0.717, 1.165) is 6.07 Å². The standard InChI is InChI=1S/C14H18O12S/c1-23-8-4-6(13(18)19)2-3-7(8)25-14-12(17)11(16)10(15)9(26-14)5-24-27(20,21)22/h2-4,9-12,14-17H,5H2,1H3,(H,18,19)(H,20,21,22)/t9-,10-,11+,12-,14-/m1/s1. The summed E-state index contributed by atoms with van der Waals surface area (Å²) >= 11 is 0. The summed E-state index contributed by atoms with van der Waals surface area (Å²) in [5, 5.41) is 38.7. The molecule has 0 unspecified atom stereocenters. The van der Waals surface area contributed by atoms with E-state index in [9.17, 15) is 28.5 Å². The zero-order valence-electron chi connectivity index (χ0n) is 13.8. The molecule has 1 saturated heterocycles. The topological polar surface area (TPSA) is 189 Å². The molecule has 27 heavy (non-hydrogen) atoms. The van der Waals surface area contributed by atoms with E-state index in [0.29, 0.717) is 0 Å². The minimum absolute atomic E-state index is 0.0166. The number of benzene rings is 1. The maximum atomic E-state index is 11.0. The summed E-state index contributed by atoms with van der Waals surface area (Å²) in [4.78, 5) is 11.0. The number of rotatable bonds is 7. The van der Waals surface area contributed by atoms with Crippen molar-refractivity contribution in [2.24, 2.45) is 0 Å². The lowest BCUT2D eigenvalue weighted by molar-refractivity contribution is -0.276. The number of aliphatic hydroxyl groups is 3. The minimum Gasteiger partial charge on any atom is -0.493 e. The fourth-order valence-electron chi connectivity index (χ4n) is 2.33. The van der Waals surface area contributed by atoms with Crippen LogP contribution in [-0.2, 0) is 19.3 Å². The fraction of sp³-hybridized carbons (Fsp3) is 0.500. The summed E-state index contributed by atoms with van der Waals surface area (Å²) in [6.45, 7) is -0.862. The van der Waals surface area contributed by atoms with Crippen LogP contribution < -0.4 is 9.47 Å². The molecule has 5 atom stereocenters. The van der Waals surface area contributed by atoms with Crippen molar-refractivity contribution >= 4 is 16.4 Å². The van der Waals surface area contributed by atoms with Crippen LogP contribution >= 0.6 is 0 Å². The van der Waals surface area contributed by atoms with Gasteiger partial charge in [-0.05, 0) is 18.2 Å². The van der Waals surface area contributed by atoms with Crippen molar-refractivity contribution in [3.05, 3.63) is 23.8 Å². The third-order valence-corrected chi connectivity index (χ3v) is 4.14. The Morgan fingerprint density at radius 1 is 1.15 bits per heavy atom. The number of methoxy groups -OCH3 is 1. The molecule has 13 heteroatoms. The first kappa shape index (κ1) is 21.3. The van der Waals surface area contributed by atoms with Crippen LogP contribution in [0.15, 0.2) is 18.2 Å². The summed E-state index contributed by atoms with van der Waals surface area (Å²) in [6.07, 6.45) is -8.34. The van der Waals surface area contributed by atoms with Crippen LogP contribution in [0.3, 0.4) is 0 Å². The monoisotopic (exact) mass is 410 g/mol. The summed E-state index contributed by atoms with van der Waals surface area (Å²) in [5.74, 6) is -1.28. The number of aromatic carboxylic acids is 1. The van der Waals surface area contributed by atoms with Gasteiger partial charge in [0, 0.05) is 0 Å². The summed E-state index contributed by atoms with van der Waals surface area (Å²) in [6, 6.07) is 3.57. The van der Waals surface area contributed by atoms with Crippen LogP contribution in [0.2, 0.25) is 0 Å². The van der Waals surface area contributed by atoms with Crippen molar-refractivity contribution < 1.29 is 56.6 Å². The molecule has 1 heterocycles. The molecule has 0 amide bonds. The Balaban J connectivity index is 2.20. The fourth-order valence-corrected chi connectivity index (χ4v) is 2.63. The molecule has 1 fully saturated rings. The Bertz CT molecular complexity index is 778. The third kappa shape index (κ3) is 5.26. The zero-order chi connectivity index (χ0) is 20.4. The molecule has 1 aliphatic heterocycles. The Labute approximate surface area is 153 Å². The molecular weight excluding hydrogens is 392 g/mol. The summed E-state index contributed by atoms with van der Waals surface area (Å²) in [7, 11) is -3.59. The van der Waals surface area contributed by atoms with Gasteiger partial charge < -0.3 is 34.6 Å². The average Bonchev–Trinajstić information content (AvgIpc) is 2.60. The Morgan fingerprint density at radius 2 is 1.81 bits per heavy atom. The number of aliphatic hydroxyl groups excluding tert-OH is 3. The van der Waals surface area contributed by atoms with Crippen LogP contribution in [0, 0.1) is 0 Å². The molecule has 0 spiro atoms. The molecule has 0 radical (unpaired) electrons. The highest BCUT2D eigenvalue weighted by Crippen LogP contribution is 2.32. The van der Waals surface area contributed by atoms with Gasteiger partial charge in [0.2, 0.25) is 6.29 Å². The van der Waals surface area contributed by atoms with Crippen molar-refractivity contribution in [2.45, 2.75) is 30.7 Å². The Kier molecular flexibility index (Phi) is 6.59. The molecule has 1 aromatic carbocycles. The van der Waals surface area contributed by atoms with E-state index in [1.807, 2.05) is 0 Å². The van der Waals surface area contributed by atoms with E-state index in [2.05, 4.69) is 4.18 Å². The summed E-state index contributed by atoms with van der Waals surface area (Å²) < 4.78 is 49.6. The van der Waals surface area contributed by atoms with Crippen molar-refractivity contribution in [3.8, 4) is 11.5 Å². The lowest BCUT2D eigenvalue weighted by Crippen LogP contribution is -2.60. The van der Waals surface area contributed by atoms with E-state index in [4.69, 9.17) is 23.9 Å². The second kappa shape index (κ2) is 8.35. The van der Waals surface area contributed by atoms with Crippen LogP contribution in [0.25, 0.3) is 0 Å². The molecule has 2 rings (SSSR count). The van der Waals surface area contributed by atoms with Crippen molar-refractivity contribution in [2.75, 3.05) is 13.7 Å². The zero-order valence-corrected chi connectivity index (χ0v) is 14.6. The molecule has 152 valence electrons. The highest BCUT2D eigenvalue weighted by molar-refractivity contribution is 7.80. The van der Waals surface area contributed by atoms with Crippen LogP contribution in [0.5, 0.6) is 11.5 Å². The van der Waals surface area contributed by atoms with Gasteiger partial charge >= 0.3 is 16.4 Å². The second-order valence-corrected chi connectivity index (χ2v) is 6.61. The van der Waals surface area contributed by atoms with Gasteiger partial charge in [-0.3, -0.25) is 4.55 Å². The predicted octanol–water partition coefficient (Wildman–Crippen LogP) is -1.60. The smallest absolute Gasteiger partial charge is 0.397 e. The van der Waals surface area contributed by atoms with Gasteiger partial charge in [0.25, 0.3) is 0 Å². The van der Waals surface area contributed by atoms with Gasteiger partial charge in [-0.15, -0.1) is 0 Å². The maximum absolute atomic E-state index is 11.0. The normalized spacial score (nSPS) is 28.6. The Morgan fingerprint density at radius 3 is 2.37 bits per heavy atom. The first-order chi connectivity index (χ1) is 12.5. The molecule has 12 nitrogen and oxygen atoms in total. The highest BCUT2D eigenvalue weighted by Gasteiger charge is 2.45. The average molecular weight is 410 g/mol. The van der Waals surface area contributed by atoms with Gasteiger partial charge in [-0.25, -0.2) is 8.98 Å². The van der Waals surface area contributed by atoms with E-state index >= 15 is 0 Å². The van der Waals surface area contributed by atoms with Crippen molar-refractivity contribution in [1.82, 2.24) is 0 Å². The quantitative estimate of drug-likeness (QED) is 0.324. The van der Waals surface area contributed by atoms with Gasteiger partial charge in [-0.2, -0.15) is 8.42 Å². The van der Waals surface area contributed by atoms with Crippen molar-refractivity contribution in [1.29, 1.82) is 0 Å². The van der Waals surface area contributed by atoms with E-state index in [-0.39, 0.29) is 17.1 Å². The van der Waals surface area contributed by atoms with Crippen LogP contribution in [0.4, 0.5) is 0 Å². The molecule has 1 aliphatic rings. The largest absolute Gasteiger partial charge is 0.493 e. The van der Waals surface area contributed by atoms with Gasteiger partial charge in [-0.1, -0.05) is 0 Å². The number of carboxylic acid groups (broad SMARTS) is 1. The van der Waals surface area contributed by atoms with Crippen LogP contribution in [-0.4, -0.2) is 83.8 Å². The Hall–Kier alpha value is -2.00. The van der Waals surface area contributed by atoms with Gasteiger partial charge in [0.15, 0.2) is 11.5 Å². The van der Waals surface area contributed by atoms with Gasteiger partial charge in [0.05, 0.1) is 19.3 Å². The molecule has 5 N–H and O–H groups in total. The molecule has 0 saturated carbocycles. The first-order valence-corrected chi connectivity index (χ1v) is 8.79. The highest BCUT2D eigenvalue weighted by atomic mass is 32.3. The van der Waals surface area contributed by atoms with E-state index in [1.165, 1.54) is 19.2 Å². The molecular formula is C14H18O12S. The predicted molar refractivity (Wildman–Crippen MR) is 84.8 cm³/mol. The lowest BCUT2D eigenvalue weighted by Gasteiger charge is -2.39. The number of carbonyl (C=O) groups is 1. The van der Waals surface area contributed by atoms with E-state index in [1.54, 1.807) is 0 Å². The molecule has 1 aromatic rings. The van der Waals surface area contributed by atoms with Gasteiger partial charge in [0.1, 0.15) is 24.4 Å². The maximum Gasteiger partial charge on any atom is 0.397 e. The number of hydrogen-bond donors (Lipinski definition) is 5. The van der Waals surface area contributed by atoms with Crippen molar-refractivity contribution in [3.63, 3.8) is 0 Å². The number of ether oxygens (including phenoxy) is 3. The number of hydrogen-bond acceptors (Lipinski definition) is 10. The second-order valence-electron chi connectivity index (χ2n) is 5.52. The molecule has 0 bridgehead atoms. The minimum atomic E-state index is -4.83. The third-order valence-electron chi connectivity index (χ3n) is 3.70. The summed E-state index contributed by atoms with van der Waals surface area (Å²) in [5.41, 5.74) is -0.0980.